The Hall–Kier alpha value is -0.840. The van der Waals surface area contributed by atoms with E-state index in [1.54, 1.807) is 0 Å². The molecule has 19 atom stereocenters. The monoisotopic (exact) mass is 666 g/mol. The number of hydrogen-bond donors (Lipinski definition) is 14. The van der Waals surface area contributed by atoms with Crippen LogP contribution in [0.5, 0.6) is 0 Å². The summed E-state index contributed by atoms with van der Waals surface area (Å²) in [7, 11) is 0. The summed E-state index contributed by atoms with van der Waals surface area (Å²) in [5.74, 6) is -2.43. The molecule has 21 heteroatoms. The van der Waals surface area contributed by atoms with Gasteiger partial charge in [-0.2, -0.15) is 0 Å². The lowest BCUT2D eigenvalue weighted by atomic mass is 9.98. The number of rotatable bonds is 11. The predicted molar refractivity (Wildman–Crippen MR) is 134 cm³/mol. The summed E-state index contributed by atoms with van der Waals surface area (Å²) in [6, 6.07) is 0. The summed E-state index contributed by atoms with van der Waals surface area (Å²) in [4.78, 5) is 0. The molecule has 6 unspecified atom stereocenters. The van der Waals surface area contributed by atoms with E-state index in [1.165, 1.54) is 0 Å². The second-order valence-corrected chi connectivity index (χ2v) is 11.3. The predicted octanol–water partition coefficient (Wildman–Crippen LogP) is -9.75. The fraction of sp³-hybridized carbons (Fsp3) is 1.00. The highest BCUT2D eigenvalue weighted by Gasteiger charge is 2.58. The van der Waals surface area contributed by atoms with Crippen molar-refractivity contribution in [3.63, 3.8) is 0 Å². The Morgan fingerprint density at radius 3 is 1.27 bits per heavy atom. The number of aliphatic hydroxyl groups excluding tert-OH is 14. The van der Waals surface area contributed by atoms with Gasteiger partial charge in [0.1, 0.15) is 98.2 Å². The number of ether oxygens (including phenoxy) is 7. The fourth-order valence-electron chi connectivity index (χ4n) is 5.39. The molecule has 0 saturated carbocycles. The average Bonchev–Trinajstić information content (AvgIpc) is 3.28. The average molecular weight is 667 g/mol. The highest BCUT2D eigenvalue weighted by molar-refractivity contribution is 4.99. The van der Waals surface area contributed by atoms with Gasteiger partial charge in [-0.1, -0.05) is 0 Å². The van der Waals surface area contributed by atoms with Crippen LogP contribution in [0.3, 0.4) is 0 Å². The molecule has 14 N–H and O–H groups in total. The first kappa shape index (κ1) is 37.0. The third kappa shape index (κ3) is 7.29. The molecular formula is C24H42O21. The molecule has 0 aliphatic carbocycles. The normalized spacial score (nSPS) is 52.7. The fourth-order valence-corrected chi connectivity index (χ4v) is 5.39. The third-order valence-corrected chi connectivity index (χ3v) is 8.26. The Kier molecular flexibility index (Phi) is 12.5. The SMILES string of the molecule is OCC1O[C@H](OCC2O[C@H](OCC3O[C@H](O[C@]4(CO)O[C@H](CO)[C@H](O)[C@@H]4O)C(O)[C@@H](O)[C@H]3O)C(O)[C@@H](O)[C@H]2O)C(O)[C@@H](O)[C@@H]1O. The number of hydrogen-bond acceptors (Lipinski definition) is 21. The van der Waals surface area contributed by atoms with E-state index < -0.39 is 149 Å². The minimum atomic E-state index is -2.43. The van der Waals surface area contributed by atoms with Crippen LogP contribution >= 0.6 is 0 Å². The van der Waals surface area contributed by atoms with Crippen molar-refractivity contribution in [3.05, 3.63) is 0 Å². The quantitative estimate of drug-likeness (QED) is 0.0973. The molecule has 21 nitrogen and oxygen atoms in total. The first-order valence-corrected chi connectivity index (χ1v) is 14.1. The first-order chi connectivity index (χ1) is 21.2. The molecule has 4 heterocycles. The van der Waals surface area contributed by atoms with Crippen molar-refractivity contribution in [1.82, 2.24) is 0 Å². The van der Waals surface area contributed by atoms with E-state index in [2.05, 4.69) is 0 Å². The second-order valence-electron chi connectivity index (χ2n) is 11.3. The maximum atomic E-state index is 10.5. The van der Waals surface area contributed by atoms with E-state index in [0.717, 1.165) is 0 Å². The van der Waals surface area contributed by atoms with Gasteiger partial charge >= 0.3 is 0 Å². The summed E-state index contributed by atoms with van der Waals surface area (Å²) < 4.78 is 37.6. The van der Waals surface area contributed by atoms with Crippen LogP contribution in [0.25, 0.3) is 0 Å². The topological polar surface area (TPSA) is 348 Å². The van der Waals surface area contributed by atoms with Gasteiger partial charge in [-0.3, -0.25) is 0 Å². The maximum absolute atomic E-state index is 10.5. The van der Waals surface area contributed by atoms with Crippen LogP contribution in [0, 0.1) is 0 Å². The van der Waals surface area contributed by atoms with Crippen LogP contribution in [0.1, 0.15) is 0 Å². The Labute approximate surface area is 254 Å². The molecule has 0 bridgehead atoms. The van der Waals surface area contributed by atoms with E-state index in [1.807, 2.05) is 0 Å². The van der Waals surface area contributed by atoms with Gasteiger partial charge in [0.2, 0.25) is 5.79 Å². The van der Waals surface area contributed by atoms with Gasteiger partial charge in [0.25, 0.3) is 0 Å². The van der Waals surface area contributed by atoms with Gasteiger partial charge in [-0.05, 0) is 0 Å². The zero-order valence-electron chi connectivity index (χ0n) is 23.5. The van der Waals surface area contributed by atoms with Gasteiger partial charge < -0.3 is 105 Å². The lowest BCUT2D eigenvalue weighted by Gasteiger charge is -2.45. The molecule has 4 fully saturated rings. The maximum Gasteiger partial charge on any atom is 0.224 e. The molecular weight excluding hydrogens is 624 g/mol. The standard InChI is InChI=1S/C24H42O21/c25-1-6-10(28)14(32)17(35)21(41-6)39-3-8-11(29)15(33)18(36)22(42-8)40-4-9-12(30)16(34)19(37)23(43-9)45-24(5-27)20(38)13(31)7(2-26)44-24/h6-23,25-38H,1-5H2/t6?,7-,8?,9?,10-,11+,12+,13+,14+,15+,16+,17?,18?,19?,20+,21+,22+,23-,24+/m1/s1. The molecule has 0 aromatic heterocycles. The first-order valence-electron chi connectivity index (χ1n) is 14.1. The van der Waals surface area contributed by atoms with Crippen molar-refractivity contribution < 1.29 is 105 Å². The Balaban J connectivity index is 1.39. The molecule has 0 aromatic rings. The van der Waals surface area contributed by atoms with E-state index in [9.17, 15) is 71.5 Å². The van der Waals surface area contributed by atoms with Crippen molar-refractivity contribution >= 4 is 0 Å². The van der Waals surface area contributed by atoms with Gasteiger partial charge in [0.15, 0.2) is 18.9 Å². The Morgan fingerprint density at radius 2 is 0.844 bits per heavy atom. The molecule has 264 valence electrons. The molecule has 45 heavy (non-hydrogen) atoms. The van der Waals surface area contributed by atoms with Crippen LogP contribution in [-0.4, -0.2) is 221 Å². The van der Waals surface area contributed by atoms with Crippen LogP contribution in [-0.2, 0) is 33.2 Å². The zero-order valence-corrected chi connectivity index (χ0v) is 23.5. The lowest BCUT2D eigenvalue weighted by Crippen LogP contribution is -2.64. The third-order valence-electron chi connectivity index (χ3n) is 8.26. The van der Waals surface area contributed by atoms with E-state index >= 15 is 0 Å². The summed E-state index contributed by atoms with van der Waals surface area (Å²) in [6.45, 7) is -4.02. The molecule has 4 aliphatic heterocycles. The number of aliphatic hydroxyl groups is 14. The van der Waals surface area contributed by atoms with Crippen LogP contribution in [0.4, 0.5) is 0 Å². The van der Waals surface area contributed by atoms with E-state index in [4.69, 9.17) is 33.2 Å². The molecule has 4 saturated heterocycles. The van der Waals surface area contributed by atoms with Crippen molar-refractivity contribution in [2.24, 2.45) is 0 Å². The molecule has 0 radical (unpaired) electrons. The minimum Gasteiger partial charge on any atom is -0.394 e. The van der Waals surface area contributed by atoms with E-state index in [-0.39, 0.29) is 0 Å². The summed E-state index contributed by atoms with van der Waals surface area (Å²) in [5, 5.41) is 141. The molecule has 4 rings (SSSR count). The van der Waals surface area contributed by atoms with Crippen LogP contribution < -0.4 is 0 Å². The Morgan fingerprint density at radius 1 is 0.444 bits per heavy atom. The van der Waals surface area contributed by atoms with Crippen molar-refractivity contribution in [2.75, 3.05) is 33.0 Å². The molecule has 0 aromatic carbocycles. The van der Waals surface area contributed by atoms with Gasteiger partial charge in [-0.15, -0.1) is 0 Å². The highest BCUT2D eigenvalue weighted by atomic mass is 16.8. The lowest BCUT2D eigenvalue weighted by molar-refractivity contribution is -0.388. The highest BCUT2D eigenvalue weighted by Crippen LogP contribution is 2.36. The van der Waals surface area contributed by atoms with Crippen LogP contribution in [0.15, 0.2) is 0 Å². The smallest absolute Gasteiger partial charge is 0.224 e. The zero-order chi connectivity index (χ0) is 33.4. The van der Waals surface area contributed by atoms with Crippen molar-refractivity contribution in [2.45, 2.75) is 116 Å². The molecule has 4 aliphatic rings. The van der Waals surface area contributed by atoms with Crippen molar-refractivity contribution in [3.8, 4) is 0 Å². The molecule has 0 amide bonds. The largest absolute Gasteiger partial charge is 0.394 e. The van der Waals surface area contributed by atoms with Crippen molar-refractivity contribution in [1.29, 1.82) is 0 Å². The van der Waals surface area contributed by atoms with E-state index in [0.29, 0.717) is 0 Å². The van der Waals surface area contributed by atoms with Gasteiger partial charge in [0.05, 0.1) is 26.4 Å². The molecule has 0 spiro atoms. The second kappa shape index (κ2) is 15.1. The minimum absolute atomic E-state index is 0.650. The van der Waals surface area contributed by atoms with Gasteiger partial charge in [-0.25, -0.2) is 0 Å². The summed E-state index contributed by atoms with van der Waals surface area (Å²) in [5.41, 5.74) is 0. The summed E-state index contributed by atoms with van der Waals surface area (Å²) >= 11 is 0. The van der Waals surface area contributed by atoms with Crippen LogP contribution in [0.2, 0.25) is 0 Å². The van der Waals surface area contributed by atoms with Gasteiger partial charge in [0, 0.05) is 0 Å². The summed E-state index contributed by atoms with van der Waals surface area (Å²) in [6.07, 6.45) is -31.4. The Bertz CT molecular complexity index is 931.